The predicted octanol–water partition coefficient (Wildman–Crippen LogP) is 1.91. The summed E-state index contributed by atoms with van der Waals surface area (Å²) in [5.74, 6) is 1.97. The van der Waals surface area contributed by atoms with Crippen LogP contribution in [0.25, 0.3) is 0 Å². The summed E-state index contributed by atoms with van der Waals surface area (Å²) in [6.45, 7) is 0.901. The smallest absolute Gasteiger partial charge is 0.134 e. The lowest BCUT2D eigenvalue weighted by molar-refractivity contribution is 0.469. The van der Waals surface area contributed by atoms with E-state index < -0.39 is 0 Å². The Morgan fingerprint density at radius 3 is 3.00 bits per heavy atom. The molecule has 1 atom stereocenters. The molecule has 19 heavy (non-hydrogen) atoms. The van der Waals surface area contributed by atoms with Crippen LogP contribution >= 0.6 is 0 Å². The zero-order valence-corrected chi connectivity index (χ0v) is 10.5. The largest absolute Gasteiger partial charge is 0.506 e. The number of aromatic hydroxyl groups is 1. The second-order valence-electron chi connectivity index (χ2n) is 4.84. The first-order chi connectivity index (χ1) is 9.22. The Morgan fingerprint density at radius 1 is 1.32 bits per heavy atom. The van der Waals surface area contributed by atoms with Crippen molar-refractivity contribution in [1.29, 1.82) is 0 Å². The Balaban J connectivity index is 1.87. The normalized spacial score (nSPS) is 17.6. The second kappa shape index (κ2) is 4.76. The molecule has 4 N–H and O–H groups in total. The monoisotopic (exact) mass is 256 g/mol. The zero-order valence-electron chi connectivity index (χ0n) is 10.5. The standard InChI is InChI=1S/C14H16N4O/c15-13-2-1-9(7-17-13)5-10-3-4-16-14-12(10)6-11(19)8-18-14/h1-2,6-8,10,19H,3-5H2,(H2,15,17)(H,16,18). The maximum absolute atomic E-state index is 9.59. The van der Waals surface area contributed by atoms with Crippen molar-refractivity contribution < 1.29 is 5.11 Å². The van der Waals surface area contributed by atoms with E-state index >= 15 is 0 Å². The quantitative estimate of drug-likeness (QED) is 0.764. The molecule has 0 saturated heterocycles. The molecule has 1 aliphatic rings. The minimum Gasteiger partial charge on any atom is -0.506 e. The number of rotatable bonds is 2. The van der Waals surface area contributed by atoms with Crippen LogP contribution in [0.15, 0.2) is 30.6 Å². The van der Waals surface area contributed by atoms with E-state index in [4.69, 9.17) is 5.73 Å². The van der Waals surface area contributed by atoms with Gasteiger partial charge >= 0.3 is 0 Å². The number of hydrogen-bond donors (Lipinski definition) is 3. The molecule has 0 aromatic carbocycles. The highest BCUT2D eigenvalue weighted by Gasteiger charge is 2.21. The van der Waals surface area contributed by atoms with Gasteiger partial charge in [0.25, 0.3) is 0 Å². The number of nitrogen functional groups attached to an aromatic ring is 1. The van der Waals surface area contributed by atoms with Crippen LogP contribution in [0, 0.1) is 0 Å². The molecule has 3 rings (SSSR count). The van der Waals surface area contributed by atoms with Gasteiger partial charge in [-0.05, 0) is 36.5 Å². The van der Waals surface area contributed by atoms with Gasteiger partial charge in [-0.3, -0.25) is 0 Å². The molecule has 0 saturated carbocycles. The molecule has 0 fully saturated rings. The average molecular weight is 256 g/mol. The van der Waals surface area contributed by atoms with Crippen LogP contribution in [0.5, 0.6) is 5.75 Å². The van der Waals surface area contributed by atoms with E-state index in [9.17, 15) is 5.11 Å². The highest BCUT2D eigenvalue weighted by molar-refractivity contribution is 5.51. The number of hydrogen-bond acceptors (Lipinski definition) is 5. The third-order valence-electron chi connectivity index (χ3n) is 3.46. The highest BCUT2D eigenvalue weighted by atomic mass is 16.3. The van der Waals surface area contributed by atoms with Crippen LogP contribution in [-0.2, 0) is 6.42 Å². The molecule has 98 valence electrons. The lowest BCUT2D eigenvalue weighted by Crippen LogP contribution is -2.19. The van der Waals surface area contributed by atoms with Gasteiger partial charge in [-0.15, -0.1) is 0 Å². The van der Waals surface area contributed by atoms with Crippen molar-refractivity contribution in [2.24, 2.45) is 0 Å². The van der Waals surface area contributed by atoms with Crippen LogP contribution < -0.4 is 11.1 Å². The fourth-order valence-corrected chi connectivity index (χ4v) is 2.50. The first kappa shape index (κ1) is 11.8. The first-order valence-corrected chi connectivity index (χ1v) is 6.35. The molecule has 2 aromatic rings. The van der Waals surface area contributed by atoms with Crippen molar-refractivity contribution in [1.82, 2.24) is 9.97 Å². The molecule has 2 aromatic heterocycles. The van der Waals surface area contributed by atoms with Crippen LogP contribution in [-0.4, -0.2) is 21.6 Å². The van der Waals surface area contributed by atoms with E-state index in [1.165, 1.54) is 6.20 Å². The van der Waals surface area contributed by atoms with Gasteiger partial charge in [-0.25, -0.2) is 9.97 Å². The topological polar surface area (TPSA) is 84.1 Å². The van der Waals surface area contributed by atoms with E-state index in [1.807, 2.05) is 18.3 Å². The number of anilines is 2. The Morgan fingerprint density at radius 2 is 2.21 bits per heavy atom. The van der Waals surface area contributed by atoms with Crippen molar-refractivity contribution >= 4 is 11.6 Å². The number of fused-ring (bicyclic) bond motifs is 1. The summed E-state index contributed by atoms with van der Waals surface area (Å²) in [4.78, 5) is 8.34. The van der Waals surface area contributed by atoms with Crippen molar-refractivity contribution in [2.75, 3.05) is 17.6 Å². The van der Waals surface area contributed by atoms with Gasteiger partial charge in [-0.2, -0.15) is 0 Å². The van der Waals surface area contributed by atoms with Crippen LogP contribution in [0.4, 0.5) is 11.6 Å². The third-order valence-corrected chi connectivity index (χ3v) is 3.46. The summed E-state index contributed by atoms with van der Waals surface area (Å²) >= 11 is 0. The minimum absolute atomic E-state index is 0.211. The van der Waals surface area contributed by atoms with Gasteiger partial charge in [0.15, 0.2) is 0 Å². The molecule has 0 spiro atoms. The Labute approximate surface area is 111 Å². The van der Waals surface area contributed by atoms with Gasteiger partial charge in [0.1, 0.15) is 17.4 Å². The molecule has 5 nitrogen and oxygen atoms in total. The Hall–Kier alpha value is -2.30. The second-order valence-corrected chi connectivity index (χ2v) is 4.84. The van der Waals surface area contributed by atoms with Gasteiger partial charge < -0.3 is 16.2 Å². The number of nitrogens with one attached hydrogen (secondary N) is 1. The summed E-state index contributed by atoms with van der Waals surface area (Å²) in [5.41, 5.74) is 7.81. The summed E-state index contributed by atoms with van der Waals surface area (Å²) in [5, 5.41) is 12.8. The summed E-state index contributed by atoms with van der Waals surface area (Å²) in [6.07, 6.45) is 5.18. The van der Waals surface area contributed by atoms with Gasteiger partial charge in [-0.1, -0.05) is 6.07 Å². The fraction of sp³-hybridized carbons (Fsp3) is 0.286. The molecular formula is C14H16N4O. The summed E-state index contributed by atoms with van der Waals surface area (Å²) < 4.78 is 0. The van der Waals surface area contributed by atoms with Crippen LogP contribution in [0.3, 0.4) is 0 Å². The number of nitrogens with zero attached hydrogens (tertiary/aromatic N) is 2. The first-order valence-electron chi connectivity index (χ1n) is 6.35. The molecule has 3 heterocycles. The lowest BCUT2D eigenvalue weighted by atomic mass is 9.88. The number of aromatic nitrogens is 2. The molecule has 5 heteroatoms. The maximum Gasteiger partial charge on any atom is 0.134 e. The van der Waals surface area contributed by atoms with Crippen molar-refractivity contribution in [3.05, 3.63) is 41.7 Å². The fourth-order valence-electron chi connectivity index (χ4n) is 2.50. The van der Waals surface area contributed by atoms with Crippen molar-refractivity contribution in [3.8, 4) is 5.75 Å². The van der Waals surface area contributed by atoms with E-state index in [0.29, 0.717) is 11.7 Å². The minimum atomic E-state index is 0.211. The third kappa shape index (κ3) is 2.45. The van der Waals surface area contributed by atoms with E-state index in [1.54, 1.807) is 6.07 Å². The highest BCUT2D eigenvalue weighted by Crippen LogP contribution is 2.34. The molecule has 0 aliphatic carbocycles. The molecule has 0 radical (unpaired) electrons. The summed E-state index contributed by atoms with van der Waals surface area (Å²) in [6, 6.07) is 5.61. The van der Waals surface area contributed by atoms with Gasteiger partial charge in [0, 0.05) is 18.3 Å². The lowest BCUT2D eigenvalue weighted by Gasteiger charge is -2.25. The maximum atomic E-state index is 9.59. The predicted molar refractivity (Wildman–Crippen MR) is 74.1 cm³/mol. The molecular weight excluding hydrogens is 240 g/mol. The van der Waals surface area contributed by atoms with E-state index in [2.05, 4.69) is 15.3 Å². The number of pyridine rings is 2. The Bertz CT molecular complexity index is 582. The summed E-state index contributed by atoms with van der Waals surface area (Å²) in [7, 11) is 0. The van der Waals surface area contributed by atoms with Crippen molar-refractivity contribution in [2.45, 2.75) is 18.8 Å². The Kier molecular flexibility index (Phi) is 2.95. The van der Waals surface area contributed by atoms with Gasteiger partial charge in [0.05, 0.1) is 6.20 Å². The molecule has 1 unspecified atom stereocenters. The van der Waals surface area contributed by atoms with Crippen molar-refractivity contribution in [3.63, 3.8) is 0 Å². The zero-order chi connectivity index (χ0) is 13.2. The number of nitrogens with two attached hydrogens (primary N) is 1. The van der Waals surface area contributed by atoms with E-state index in [-0.39, 0.29) is 5.75 Å². The van der Waals surface area contributed by atoms with Crippen LogP contribution in [0.2, 0.25) is 0 Å². The van der Waals surface area contributed by atoms with Crippen LogP contribution in [0.1, 0.15) is 23.5 Å². The van der Waals surface area contributed by atoms with E-state index in [0.717, 1.165) is 36.3 Å². The SMILES string of the molecule is Nc1ccc(CC2CCNc3ncc(O)cc32)cn1. The molecule has 1 aliphatic heterocycles. The molecule has 0 amide bonds. The molecule has 0 bridgehead atoms. The van der Waals surface area contributed by atoms with Gasteiger partial charge in [0.2, 0.25) is 0 Å². The average Bonchev–Trinajstić information content (AvgIpc) is 2.42.